The predicted molar refractivity (Wildman–Crippen MR) is 110 cm³/mol. The van der Waals surface area contributed by atoms with Gasteiger partial charge in [0.15, 0.2) is 0 Å². The van der Waals surface area contributed by atoms with Crippen LogP contribution in [0.1, 0.15) is 69.1 Å². The van der Waals surface area contributed by atoms with E-state index in [1.54, 1.807) is 0 Å². The van der Waals surface area contributed by atoms with Gasteiger partial charge in [0.1, 0.15) is 0 Å². The van der Waals surface area contributed by atoms with E-state index in [0.717, 1.165) is 18.5 Å². The number of hydrogen-bond acceptors (Lipinski definition) is 4. The van der Waals surface area contributed by atoms with Crippen LogP contribution in [0.3, 0.4) is 0 Å². The first-order valence-corrected chi connectivity index (χ1v) is 11.7. The molecule has 0 heterocycles. The van der Waals surface area contributed by atoms with Crippen molar-refractivity contribution in [1.82, 2.24) is 0 Å². The van der Waals surface area contributed by atoms with Crippen LogP contribution in [-0.4, -0.2) is 55.5 Å². The standard InChI is InChI=1S/C21H37NO4S/c1-4-5-6-7-8-10-19-11-13-20(14-12-19)21(23)15-17-22(2,3)16-9-18-27(24,25)26/h11-14,21,23H,4-10,15-18H2,1-3H3. The number of aliphatic hydroxyl groups excluding tert-OH is 1. The van der Waals surface area contributed by atoms with Crippen LogP contribution in [0, 0.1) is 0 Å². The third-order valence-electron chi connectivity index (χ3n) is 5.10. The Morgan fingerprint density at radius 3 is 2.22 bits per heavy atom. The van der Waals surface area contributed by atoms with Crippen LogP contribution in [0.4, 0.5) is 0 Å². The minimum Gasteiger partial charge on any atom is -0.748 e. The molecule has 0 aliphatic heterocycles. The van der Waals surface area contributed by atoms with Crippen molar-refractivity contribution < 1.29 is 22.6 Å². The molecule has 0 radical (unpaired) electrons. The van der Waals surface area contributed by atoms with Crippen molar-refractivity contribution in [3.8, 4) is 0 Å². The minimum atomic E-state index is -4.15. The van der Waals surface area contributed by atoms with Crippen molar-refractivity contribution in [2.24, 2.45) is 0 Å². The second-order valence-electron chi connectivity index (χ2n) is 8.21. The van der Waals surface area contributed by atoms with E-state index < -0.39 is 16.2 Å². The highest BCUT2D eigenvalue weighted by molar-refractivity contribution is 7.85. The molecule has 1 aromatic carbocycles. The van der Waals surface area contributed by atoms with Gasteiger partial charge in [-0.05, 0) is 24.0 Å². The number of rotatable bonds is 14. The third kappa shape index (κ3) is 11.5. The summed E-state index contributed by atoms with van der Waals surface area (Å²) in [6.45, 7) is 3.55. The zero-order valence-electron chi connectivity index (χ0n) is 17.2. The second-order valence-corrected chi connectivity index (χ2v) is 9.73. The maximum absolute atomic E-state index is 10.7. The Morgan fingerprint density at radius 1 is 1.00 bits per heavy atom. The van der Waals surface area contributed by atoms with E-state index in [9.17, 15) is 18.1 Å². The number of aryl methyl sites for hydroxylation is 1. The number of benzene rings is 1. The first kappa shape index (κ1) is 24.1. The first-order chi connectivity index (χ1) is 12.6. The van der Waals surface area contributed by atoms with Crippen molar-refractivity contribution in [3.63, 3.8) is 0 Å². The molecule has 0 aliphatic carbocycles. The molecule has 27 heavy (non-hydrogen) atoms. The molecule has 0 fully saturated rings. The zero-order valence-corrected chi connectivity index (χ0v) is 18.0. The first-order valence-electron chi connectivity index (χ1n) is 10.2. The molecule has 6 heteroatoms. The van der Waals surface area contributed by atoms with Gasteiger partial charge < -0.3 is 14.1 Å². The van der Waals surface area contributed by atoms with Crippen molar-refractivity contribution in [1.29, 1.82) is 0 Å². The highest BCUT2D eigenvalue weighted by atomic mass is 32.2. The lowest BCUT2D eigenvalue weighted by atomic mass is 10.0. The Hall–Kier alpha value is -0.950. The van der Waals surface area contributed by atoms with Crippen molar-refractivity contribution in [2.45, 2.75) is 64.4 Å². The van der Waals surface area contributed by atoms with Crippen LogP contribution < -0.4 is 0 Å². The van der Waals surface area contributed by atoms with Gasteiger partial charge in [-0.2, -0.15) is 0 Å². The van der Waals surface area contributed by atoms with Gasteiger partial charge in [0.2, 0.25) is 0 Å². The van der Waals surface area contributed by atoms with Gasteiger partial charge in [0.25, 0.3) is 0 Å². The molecule has 1 unspecified atom stereocenters. The Morgan fingerprint density at radius 2 is 1.63 bits per heavy atom. The lowest BCUT2D eigenvalue weighted by molar-refractivity contribution is -0.890. The highest BCUT2D eigenvalue weighted by Gasteiger charge is 2.18. The molecule has 0 amide bonds. The zero-order chi connectivity index (χ0) is 20.3. The highest BCUT2D eigenvalue weighted by Crippen LogP contribution is 2.20. The SMILES string of the molecule is CCCCCCCc1ccc(C(O)CC[N+](C)(C)CCCS(=O)(=O)[O-])cc1. The molecular formula is C21H37NO4S. The van der Waals surface area contributed by atoms with E-state index in [1.807, 2.05) is 26.2 Å². The molecule has 0 spiro atoms. The minimum absolute atomic E-state index is 0.322. The third-order valence-corrected chi connectivity index (χ3v) is 5.89. The summed E-state index contributed by atoms with van der Waals surface area (Å²) in [4.78, 5) is 0. The van der Waals surface area contributed by atoms with Crippen LogP contribution in [0.5, 0.6) is 0 Å². The van der Waals surface area contributed by atoms with E-state index in [0.29, 0.717) is 23.9 Å². The summed E-state index contributed by atoms with van der Waals surface area (Å²) in [6, 6.07) is 8.24. The largest absolute Gasteiger partial charge is 0.748 e. The Bertz CT molecular complexity index is 626. The molecule has 0 aromatic heterocycles. The van der Waals surface area contributed by atoms with Gasteiger partial charge in [-0.1, -0.05) is 56.9 Å². The molecule has 0 aliphatic rings. The van der Waals surface area contributed by atoms with E-state index >= 15 is 0 Å². The van der Waals surface area contributed by atoms with E-state index in [-0.39, 0.29) is 5.75 Å². The van der Waals surface area contributed by atoms with Crippen LogP contribution in [0.25, 0.3) is 0 Å². The van der Waals surface area contributed by atoms with Crippen LogP contribution in [-0.2, 0) is 16.5 Å². The summed E-state index contributed by atoms with van der Waals surface area (Å²) in [7, 11) is -0.162. The van der Waals surface area contributed by atoms with Crippen LogP contribution in [0.15, 0.2) is 24.3 Å². The summed E-state index contributed by atoms with van der Waals surface area (Å²) < 4.78 is 32.7. The number of quaternary nitrogens is 1. The molecule has 1 rings (SSSR count). The smallest absolute Gasteiger partial charge is 0.0948 e. The molecular weight excluding hydrogens is 362 g/mol. The normalized spacial score (nSPS) is 13.7. The van der Waals surface area contributed by atoms with E-state index in [2.05, 4.69) is 19.1 Å². The number of hydrogen-bond donors (Lipinski definition) is 1. The lowest BCUT2D eigenvalue weighted by Gasteiger charge is -2.31. The number of aliphatic hydroxyl groups is 1. The topological polar surface area (TPSA) is 77.4 Å². The summed E-state index contributed by atoms with van der Waals surface area (Å²) in [5.41, 5.74) is 2.24. The van der Waals surface area contributed by atoms with Gasteiger partial charge in [-0.25, -0.2) is 8.42 Å². The lowest BCUT2D eigenvalue weighted by Crippen LogP contribution is -2.42. The Labute approximate surface area is 165 Å². The quantitative estimate of drug-likeness (QED) is 0.294. The number of nitrogens with zero attached hydrogens (tertiary/aromatic N) is 1. The summed E-state index contributed by atoms with van der Waals surface area (Å²) >= 11 is 0. The van der Waals surface area contributed by atoms with Gasteiger partial charge in [0, 0.05) is 18.6 Å². The molecule has 5 nitrogen and oxygen atoms in total. The molecule has 1 atom stereocenters. The molecule has 0 saturated carbocycles. The maximum Gasteiger partial charge on any atom is 0.0948 e. The van der Waals surface area contributed by atoms with E-state index in [1.165, 1.54) is 37.7 Å². The van der Waals surface area contributed by atoms with Crippen molar-refractivity contribution >= 4 is 10.1 Å². The average molecular weight is 400 g/mol. The Kier molecular flexibility index (Phi) is 10.5. The Balaban J connectivity index is 2.37. The molecule has 1 aromatic rings. The predicted octanol–water partition coefficient (Wildman–Crippen LogP) is 3.63. The van der Waals surface area contributed by atoms with Gasteiger partial charge in [-0.15, -0.1) is 0 Å². The number of unbranched alkanes of at least 4 members (excludes halogenated alkanes) is 4. The summed E-state index contributed by atoms with van der Waals surface area (Å²) in [6.07, 6.45) is 7.89. The fourth-order valence-corrected chi connectivity index (χ4v) is 3.74. The fourth-order valence-electron chi connectivity index (χ4n) is 3.26. The summed E-state index contributed by atoms with van der Waals surface area (Å²) in [5.74, 6) is -0.322. The fraction of sp³-hybridized carbons (Fsp3) is 0.714. The monoisotopic (exact) mass is 399 g/mol. The van der Waals surface area contributed by atoms with Crippen LogP contribution >= 0.6 is 0 Å². The van der Waals surface area contributed by atoms with E-state index in [4.69, 9.17) is 0 Å². The summed E-state index contributed by atoms with van der Waals surface area (Å²) in [5, 5.41) is 10.4. The van der Waals surface area contributed by atoms with Crippen LogP contribution in [0.2, 0.25) is 0 Å². The van der Waals surface area contributed by atoms with Crippen molar-refractivity contribution in [2.75, 3.05) is 32.9 Å². The maximum atomic E-state index is 10.7. The second kappa shape index (κ2) is 11.8. The van der Waals surface area contributed by atoms with Gasteiger partial charge in [0.05, 0.1) is 43.4 Å². The molecule has 156 valence electrons. The van der Waals surface area contributed by atoms with Crippen molar-refractivity contribution in [3.05, 3.63) is 35.4 Å². The molecule has 0 saturated heterocycles. The molecule has 0 bridgehead atoms. The van der Waals surface area contributed by atoms with Gasteiger partial charge >= 0.3 is 0 Å². The average Bonchev–Trinajstić information content (AvgIpc) is 2.59. The van der Waals surface area contributed by atoms with Gasteiger partial charge in [-0.3, -0.25) is 0 Å². The molecule has 1 N–H and O–H groups in total.